The molecule has 0 aromatic rings. The number of aliphatic hydroxyl groups excluding tert-OH is 1. The Balaban J connectivity index is 1.43. The van der Waals surface area contributed by atoms with Crippen LogP contribution in [0.3, 0.4) is 0 Å². The second kappa shape index (κ2) is 8.41. The predicted molar refractivity (Wildman–Crippen MR) is 118 cm³/mol. The molecule has 1 N–H and O–H groups in total. The van der Waals surface area contributed by atoms with Crippen LogP contribution in [0, 0.1) is 40.4 Å². The van der Waals surface area contributed by atoms with E-state index in [1.165, 1.54) is 19.3 Å². The first-order chi connectivity index (χ1) is 15.0. The number of Topliss-reactive ketones (excluding diaryl/α,β-unsaturated/α-hetero) is 1. The number of hydrogen-bond acceptors (Lipinski definition) is 6. The van der Waals surface area contributed by atoms with Gasteiger partial charge in [0.15, 0.2) is 6.61 Å². The summed E-state index contributed by atoms with van der Waals surface area (Å²) in [5, 5.41) is 8.74. The Hall–Kier alpha value is -1.43. The van der Waals surface area contributed by atoms with E-state index in [9.17, 15) is 14.4 Å². The molecule has 4 aliphatic carbocycles. The molecule has 0 saturated heterocycles. The van der Waals surface area contributed by atoms with Gasteiger partial charge >= 0.3 is 11.9 Å². The number of esters is 2. The van der Waals surface area contributed by atoms with Gasteiger partial charge in [0.25, 0.3) is 0 Å². The zero-order valence-corrected chi connectivity index (χ0v) is 20.2. The summed E-state index contributed by atoms with van der Waals surface area (Å²) < 4.78 is 10.5. The Morgan fingerprint density at radius 3 is 2.28 bits per heavy atom. The fourth-order valence-corrected chi connectivity index (χ4v) is 8.67. The van der Waals surface area contributed by atoms with Crippen LogP contribution in [-0.4, -0.2) is 41.6 Å². The third-order valence-electron chi connectivity index (χ3n) is 10.3. The van der Waals surface area contributed by atoms with Crippen molar-refractivity contribution in [1.29, 1.82) is 0 Å². The van der Waals surface area contributed by atoms with E-state index in [1.807, 2.05) is 6.92 Å². The highest BCUT2D eigenvalue weighted by Gasteiger charge is 2.61. The van der Waals surface area contributed by atoms with Crippen LogP contribution in [-0.2, 0) is 23.9 Å². The van der Waals surface area contributed by atoms with E-state index >= 15 is 0 Å². The van der Waals surface area contributed by atoms with Crippen molar-refractivity contribution in [3.8, 4) is 0 Å². The van der Waals surface area contributed by atoms with Gasteiger partial charge in [-0.1, -0.05) is 13.8 Å². The van der Waals surface area contributed by atoms with Crippen LogP contribution in [0.5, 0.6) is 0 Å². The van der Waals surface area contributed by atoms with Crippen molar-refractivity contribution in [2.24, 2.45) is 40.4 Å². The molecule has 8 unspecified atom stereocenters. The Morgan fingerprint density at radius 2 is 1.59 bits per heavy atom. The third-order valence-corrected chi connectivity index (χ3v) is 10.3. The van der Waals surface area contributed by atoms with Crippen molar-refractivity contribution in [1.82, 2.24) is 0 Å². The summed E-state index contributed by atoms with van der Waals surface area (Å²) in [6.45, 7) is 7.48. The second-order valence-electron chi connectivity index (χ2n) is 11.9. The SMILES string of the molecule is CC(=O)C1CCC2C3CCC4CC(C)(OC(=O)COC(=O)CO)CCC4(C)C3CCC12C. The molecule has 6 nitrogen and oxygen atoms in total. The van der Waals surface area contributed by atoms with Gasteiger partial charge in [0.05, 0.1) is 0 Å². The van der Waals surface area contributed by atoms with E-state index in [0.717, 1.165) is 38.5 Å². The molecule has 0 aliphatic heterocycles. The fraction of sp³-hybridized carbons (Fsp3) is 0.885. The molecule has 0 amide bonds. The molecular weight excluding hydrogens is 408 g/mol. The lowest BCUT2D eigenvalue weighted by Crippen LogP contribution is -2.56. The van der Waals surface area contributed by atoms with Gasteiger partial charge in [-0.3, -0.25) is 4.79 Å². The normalized spacial score (nSPS) is 45.2. The molecular formula is C26H40O6. The first kappa shape index (κ1) is 23.7. The molecule has 4 aliphatic rings. The van der Waals surface area contributed by atoms with Crippen LogP contribution in [0.2, 0.25) is 0 Å². The Morgan fingerprint density at radius 1 is 0.875 bits per heavy atom. The first-order valence-corrected chi connectivity index (χ1v) is 12.5. The molecule has 0 heterocycles. The maximum atomic E-state index is 12.3. The minimum absolute atomic E-state index is 0.181. The Labute approximate surface area is 191 Å². The van der Waals surface area contributed by atoms with Crippen molar-refractivity contribution in [3.05, 3.63) is 0 Å². The zero-order chi connectivity index (χ0) is 23.3. The van der Waals surface area contributed by atoms with Crippen LogP contribution in [0.25, 0.3) is 0 Å². The van der Waals surface area contributed by atoms with Gasteiger partial charge in [-0.2, -0.15) is 0 Å². The molecule has 0 radical (unpaired) electrons. The molecule has 4 saturated carbocycles. The first-order valence-electron chi connectivity index (χ1n) is 12.5. The minimum Gasteiger partial charge on any atom is -0.457 e. The van der Waals surface area contributed by atoms with Crippen molar-refractivity contribution in [2.75, 3.05) is 13.2 Å². The van der Waals surface area contributed by atoms with Crippen LogP contribution < -0.4 is 0 Å². The predicted octanol–water partition coefficient (Wildman–Crippen LogP) is 4.07. The summed E-state index contributed by atoms with van der Waals surface area (Å²) in [7, 11) is 0. The summed E-state index contributed by atoms with van der Waals surface area (Å²) in [6, 6.07) is 0. The number of hydrogen-bond donors (Lipinski definition) is 1. The van der Waals surface area contributed by atoms with E-state index in [-0.39, 0.29) is 16.7 Å². The van der Waals surface area contributed by atoms with Gasteiger partial charge in [-0.25, -0.2) is 9.59 Å². The van der Waals surface area contributed by atoms with Gasteiger partial charge in [0.1, 0.15) is 18.0 Å². The average molecular weight is 449 g/mol. The molecule has 0 aromatic carbocycles. The summed E-state index contributed by atoms with van der Waals surface area (Å²) >= 11 is 0. The molecule has 180 valence electrons. The van der Waals surface area contributed by atoms with Crippen molar-refractivity contribution < 1.29 is 29.0 Å². The quantitative estimate of drug-likeness (QED) is 0.638. The second-order valence-corrected chi connectivity index (χ2v) is 11.9. The lowest BCUT2D eigenvalue weighted by atomic mass is 9.44. The van der Waals surface area contributed by atoms with Crippen molar-refractivity contribution in [2.45, 2.75) is 91.1 Å². The topological polar surface area (TPSA) is 89.9 Å². The smallest absolute Gasteiger partial charge is 0.344 e. The van der Waals surface area contributed by atoms with E-state index < -0.39 is 30.8 Å². The summed E-state index contributed by atoms with van der Waals surface area (Å²) in [4.78, 5) is 35.7. The standard InChI is InChI=1S/C26H40O6/c1-16(28)19-7-8-20-18-6-5-17-13-24(2,32-23(30)15-31-22(29)14-27)11-12-25(17,3)21(18)9-10-26(19,20)4/h17-21,27H,5-15H2,1-4H3. The number of rotatable bonds is 5. The molecule has 0 spiro atoms. The van der Waals surface area contributed by atoms with E-state index in [2.05, 4.69) is 13.8 Å². The monoisotopic (exact) mass is 448 g/mol. The van der Waals surface area contributed by atoms with Crippen LogP contribution in [0.1, 0.15) is 85.5 Å². The maximum Gasteiger partial charge on any atom is 0.344 e. The molecule has 6 heteroatoms. The van der Waals surface area contributed by atoms with Crippen LogP contribution in [0.15, 0.2) is 0 Å². The molecule has 32 heavy (non-hydrogen) atoms. The van der Waals surface area contributed by atoms with Crippen LogP contribution >= 0.6 is 0 Å². The number of aliphatic hydroxyl groups is 1. The van der Waals surface area contributed by atoms with Gasteiger partial charge in [0.2, 0.25) is 0 Å². The van der Waals surface area contributed by atoms with Gasteiger partial charge in [0, 0.05) is 5.92 Å². The molecule has 0 bridgehead atoms. The fourth-order valence-electron chi connectivity index (χ4n) is 8.67. The number of carbonyl (C=O) groups is 3. The number of ketones is 1. The lowest BCUT2D eigenvalue weighted by Gasteiger charge is -2.62. The molecule has 4 rings (SSSR count). The average Bonchev–Trinajstić information content (AvgIpc) is 3.10. The highest BCUT2D eigenvalue weighted by Crippen LogP contribution is 2.68. The highest BCUT2D eigenvalue weighted by atomic mass is 16.6. The molecule has 0 aromatic heterocycles. The van der Waals surface area contributed by atoms with E-state index in [0.29, 0.717) is 29.5 Å². The highest BCUT2D eigenvalue weighted by molar-refractivity contribution is 5.79. The van der Waals surface area contributed by atoms with Crippen molar-refractivity contribution in [3.63, 3.8) is 0 Å². The molecule has 8 atom stereocenters. The summed E-state index contributed by atoms with van der Waals surface area (Å²) in [5.41, 5.74) is -0.0925. The number of ether oxygens (including phenoxy) is 2. The maximum absolute atomic E-state index is 12.3. The number of carbonyl (C=O) groups excluding carboxylic acids is 3. The van der Waals surface area contributed by atoms with Gasteiger partial charge in [-0.15, -0.1) is 0 Å². The van der Waals surface area contributed by atoms with Gasteiger partial charge in [-0.05, 0) is 106 Å². The third kappa shape index (κ3) is 3.91. The summed E-state index contributed by atoms with van der Waals surface area (Å²) in [5.74, 6) is 1.86. The Kier molecular flexibility index (Phi) is 6.23. The minimum atomic E-state index is -0.815. The molecule has 4 fully saturated rings. The van der Waals surface area contributed by atoms with E-state index in [1.54, 1.807) is 6.92 Å². The zero-order valence-electron chi connectivity index (χ0n) is 20.2. The lowest BCUT2D eigenvalue weighted by molar-refractivity contribution is -0.186. The summed E-state index contributed by atoms with van der Waals surface area (Å²) in [6.07, 6.45) is 9.72. The Bertz CT molecular complexity index is 778. The van der Waals surface area contributed by atoms with E-state index in [4.69, 9.17) is 14.6 Å². The largest absolute Gasteiger partial charge is 0.457 e. The number of fused-ring (bicyclic) bond motifs is 5. The van der Waals surface area contributed by atoms with Gasteiger partial charge < -0.3 is 14.6 Å². The van der Waals surface area contributed by atoms with Crippen molar-refractivity contribution >= 4 is 17.7 Å². The van der Waals surface area contributed by atoms with Crippen LogP contribution in [0.4, 0.5) is 0 Å².